The zero-order chi connectivity index (χ0) is 10.6. The Balaban J connectivity index is 2.96. The molecule has 0 spiro atoms. The number of ketones is 1. The molecule has 0 fully saturated rings. The average molecular weight is 217 g/mol. The highest BCUT2D eigenvalue weighted by atomic mass is 35.5. The van der Waals surface area contributed by atoms with Crippen LogP contribution >= 0.6 is 11.6 Å². The van der Waals surface area contributed by atoms with Crippen molar-refractivity contribution < 1.29 is 14.3 Å². The summed E-state index contributed by atoms with van der Waals surface area (Å²) in [5, 5.41) is 8.90. The first-order chi connectivity index (χ1) is 6.69. The van der Waals surface area contributed by atoms with Crippen LogP contribution in [-0.2, 0) is 17.8 Å². The predicted molar refractivity (Wildman–Crippen MR) is 51.8 cm³/mol. The Kier molecular flexibility index (Phi) is 4.04. The molecule has 0 bridgehead atoms. The van der Waals surface area contributed by atoms with Gasteiger partial charge in [-0.3, -0.25) is 4.79 Å². The second kappa shape index (κ2) is 5.08. The lowest BCUT2D eigenvalue weighted by atomic mass is 10.0. The first-order valence-electron chi connectivity index (χ1n) is 4.13. The van der Waals surface area contributed by atoms with Gasteiger partial charge in [-0.15, -0.1) is 11.6 Å². The van der Waals surface area contributed by atoms with E-state index in [9.17, 15) is 9.18 Å². The smallest absolute Gasteiger partial charge is 0.151 e. The molecule has 0 aliphatic rings. The lowest BCUT2D eigenvalue weighted by molar-refractivity contribution is -0.116. The number of rotatable bonds is 4. The zero-order valence-corrected chi connectivity index (χ0v) is 8.22. The topological polar surface area (TPSA) is 37.3 Å². The lowest BCUT2D eigenvalue weighted by Gasteiger charge is -2.06. The van der Waals surface area contributed by atoms with Crippen LogP contribution in [0.4, 0.5) is 4.39 Å². The number of alkyl halides is 1. The largest absolute Gasteiger partial charge is 0.392 e. The summed E-state index contributed by atoms with van der Waals surface area (Å²) in [6, 6.07) is 4.37. The maximum atomic E-state index is 13.1. The van der Waals surface area contributed by atoms with Crippen molar-refractivity contribution in [2.45, 2.75) is 13.0 Å². The molecular formula is C10H10ClFO2. The molecule has 0 saturated heterocycles. The second-order valence-electron chi connectivity index (χ2n) is 2.88. The van der Waals surface area contributed by atoms with Crippen LogP contribution in [0.15, 0.2) is 18.2 Å². The van der Waals surface area contributed by atoms with E-state index in [2.05, 4.69) is 0 Å². The molecule has 2 nitrogen and oxygen atoms in total. The molecule has 0 unspecified atom stereocenters. The predicted octanol–water partition coefficient (Wildman–Crippen LogP) is 1.67. The molecule has 4 heteroatoms. The molecule has 0 aromatic heterocycles. The van der Waals surface area contributed by atoms with E-state index in [0.29, 0.717) is 5.56 Å². The van der Waals surface area contributed by atoms with Gasteiger partial charge in [-0.25, -0.2) is 4.39 Å². The Morgan fingerprint density at radius 1 is 1.50 bits per heavy atom. The number of benzene rings is 1. The van der Waals surface area contributed by atoms with Crippen LogP contribution in [0.5, 0.6) is 0 Å². The number of Topliss-reactive ketones (excluding diaryl/α,β-unsaturated/α-hetero) is 1. The summed E-state index contributed by atoms with van der Waals surface area (Å²) in [7, 11) is 0. The molecule has 1 N–H and O–H groups in total. The molecule has 1 aromatic rings. The summed E-state index contributed by atoms with van der Waals surface area (Å²) >= 11 is 5.33. The standard InChI is InChI=1S/C10H10ClFO2/c11-5-8(14)4-7-2-1-3-10(12)9(7)6-13/h1-3,13H,4-6H2. The fraction of sp³-hybridized carbons (Fsp3) is 0.300. The highest BCUT2D eigenvalue weighted by molar-refractivity contribution is 6.27. The normalized spacial score (nSPS) is 10.2. The molecule has 76 valence electrons. The first kappa shape index (κ1) is 11.1. The number of halogens is 2. The summed E-state index contributed by atoms with van der Waals surface area (Å²) < 4.78 is 13.1. The van der Waals surface area contributed by atoms with Crippen molar-refractivity contribution in [2.75, 3.05) is 5.88 Å². The molecule has 1 aromatic carbocycles. The van der Waals surface area contributed by atoms with E-state index >= 15 is 0 Å². The van der Waals surface area contributed by atoms with Gasteiger partial charge in [-0.1, -0.05) is 12.1 Å². The third-order valence-corrected chi connectivity index (χ3v) is 2.21. The molecule has 0 saturated carbocycles. The Labute approximate surface area is 86.3 Å². The van der Waals surface area contributed by atoms with Crippen LogP contribution in [0.3, 0.4) is 0 Å². The number of carbonyl (C=O) groups is 1. The van der Waals surface area contributed by atoms with Gasteiger partial charge >= 0.3 is 0 Å². The maximum Gasteiger partial charge on any atom is 0.151 e. The summed E-state index contributed by atoms with van der Waals surface area (Å²) in [6.07, 6.45) is 0.0666. The van der Waals surface area contributed by atoms with Gasteiger partial charge in [0.05, 0.1) is 12.5 Å². The Bertz CT molecular complexity index is 339. The van der Waals surface area contributed by atoms with E-state index in [1.165, 1.54) is 12.1 Å². The van der Waals surface area contributed by atoms with Crippen LogP contribution in [0.2, 0.25) is 0 Å². The summed E-state index contributed by atoms with van der Waals surface area (Å²) in [6.45, 7) is -0.405. The molecule has 0 heterocycles. The van der Waals surface area contributed by atoms with Crippen LogP contribution < -0.4 is 0 Å². The fourth-order valence-corrected chi connectivity index (χ4v) is 1.30. The number of hydrogen-bond donors (Lipinski definition) is 1. The Morgan fingerprint density at radius 3 is 2.79 bits per heavy atom. The van der Waals surface area contributed by atoms with Gasteiger partial charge in [0, 0.05) is 12.0 Å². The van der Waals surface area contributed by atoms with Gasteiger partial charge in [0.25, 0.3) is 0 Å². The van der Waals surface area contributed by atoms with Gasteiger partial charge in [0.2, 0.25) is 0 Å². The van der Waals surface area contributed by atoms with Crippen molar-refractivity contribution in [2.24, 2.45) is 0 Å². The number of aliphatic hydroxyl groups is 1. The minimum Gasteiger partial charge on any atom is -0.392 e. The van der Waals surface area contributed by atoms with Crippen molar-refractivity contribution in [3.8, 4) is 0 Å². The number of aliphatic hydroxyl groups excluding tert-OH is 1. The van der Waals surface area contributed by atoms with E-state index in [1.807, 2.05) is 0 Å². The molecule has 1 rings (SSSR count). The van der Waals surface area contributed by atoms with Gasteiger partial charge < -0.3 is 5.11 Å². The van der Waals surface area contributed by atoms with Crippen LogP contribution in [0.25, 0.3) is 0 Å². The minimum absolute atomic E-state index is 0.0666. The van der Waals surface area contributed by atoms with E-state index in [-0.39, 0.29) is 23.6 Å². The quantitative estimate of drug-likeness (QED) is 0.778. The van der Waals surface area contributed by atoms with Gasteiger partial charge in [0.1, 0.15) is 5.82 Å². The molecule has 0 aliphatic carbocycles. The van der Waals surface area contributed by atoms with Gasteiger partial charge in [-0.2, -0.15) is 0 Å². The number of carbonyl (C=O) groups excluding carboxylic acids is 1. The molecule has 0 aliphatic heterocycles. The highest BCUT2D eigenvalue weighted by Gasteiger charge is 2.10. The Hall–Kier alpha value is -0.930. The van der Waals surface area contributed by atoms with Crippen molar-refractivity contribution in [3.05, 3.63) is 35.1 Å². The third-order valence-electron chi connectivity index (χ3n) is 1.91. The van der Waals surface area contributed by atoms with Crippen molar-refractivity contribution in [1.82, 2.24) is 0 Å². The van der Waals surface area contributed by atoms with Crippen molar-refractivity contribution in [1.29, 1.82) is 0 Å². The molecule has 0 radical (unpaired) electrons. The Morgan fingerprint density at radius 2 is 2.21 bits per heavy atom. The molecule has 0 atom stereocenters. The van der Waals surface area contributed by atoms with E-state index in [4.69, 9.17) is 16.7 Å². The first-order valence-corrected chi connectivity index (χ1v) is 4.67. The monoisotopic (exact) mass is 216 g/mol. The summed E-state index contributed by atoms with van der Waals surface area (Å²) in [4.78, 5) is 11.0. The van der Waals surface area contributed by atoms with Gasteiger partial charge in [0.15, 0.2) is 5.78 Å². The fourth-order valence-electron chi connectivity index (χ4n) is 1.21. The molecule has 14 heavy (non-hydrogen) atoms. The summed E-state index contributed by atoms with van der Waals surface area (Å²) in [5.74, 6) is -0.777. The van der Waals surface area contributed by atoms with E-state index < -0.39 is 12.4 Å². The summed E-state index contributed by atoms with van der Waals surface area (Å²) in [5.41, 5.74) is 0.670. The second-order valence-corrected chi connectivity index (χ2v) is 3.15. The SMILES string of the molecule is O=C(CCl)Cc1cccc(F)c1CO. The van der Waals surface area contributed by atoms with Crippen molar-refractivity contribution in [3.63, 3.8) is 0 Å². The van der Waals surface area contributed by atoms with Crippen LogP contribution in [-0.4, -0.2) is 16.8 Å². The average Bonchev–Trinajstić information content (AvgIpc) is 2.18. The maximum absolute atomic E-state index is 13.1. The number of hydrogen-bond acceptors (Lipinski definition) is 2. The van der Waals surface area contributed by atoms with Crippen LogP contribution in [0.1, 0.15) is 11.1 Å². The van der Waals surface area contributed by atoms with E-state index in [1.54, 1.807) is 6.07 Å². The van der Waals surface area contributed by atoms with Gasteiger partial charge in [-0.05, 0) is 11.6 Å². The zero-order valence-electron chi connectivity index (χ0n) is 7.46. The minimum atomic E-state index is -0.493. The van der Waals surface area contributed by atoms with Crippen LogP contribution in [0, 0.1) is 5.82 Å². The lowest BCUT2D eigenvalue weighted by Crippen LogP contribution is -2.07. The molecule has 0 amide bonds. The van der Waals surface area contributed by atoms with Crippen molar-refractivity contribution >= 4 is 17.4 Å². The third kappa shape index (κ3) is 2.53. The highest BCUT2D eigenvalue weighted by Crippen LogP contribution is 2.14. The van der Waals surface area contributed by atoms with E-state index in [0.717, 1.165) is 0 Å². The molecular weight excluding hydrogens is 207 g/mol.